The summed E-state index contributed by atoms with van der Waals surface area (Å²) in [7, 11) is 0. The van der Waals surface area contributed by atoms with Crippen LogP contribution in [-0.4, -0.2) is 23.7 Å². The van der Waals surface area contributed by atoms with Crippen LogP contribution in [0.2, 0.25) is 0 Å². The van der Waals surface area contributed by atoms with Gasteiger partial charge in [0.15, 0.2) is 0 Å². The number of cyclic esters (lactones) is 1. The van der Waals surface area contributed by atoms with Crippen LogP contribution in [0.4, 0.5) is 0 Å². The minimum absolute atomic E-state index is 0.0336. The molecule has 0 atom stereocenters. The van der Waals surface area contributed by atoms with Gasteiger partial charge in [-0.1, -0.05) is 6.92 Å². The van der Waals surface area contributed by atoms with Crippen LogP contribution in [0.5, 0.6) is 0 Å². The van der Waals surface area contributed by atoms with E-state index in [0.717, 1.165) is 31.6 Å². The average Bonchev–Trinajstić information content (AvgIpc) is 2.17. The fraction of sp³-hybridized carbons (Fsp3) is 0.917. The zero-order valence-electron chi connectivity index (χ0n) is 9.93. The molecule has 0 aromatic carbocycles. The highest BCUT2D eigenvalue weighted by atomic mass is 16.5. The summed E-state index contributed by atoms with van der Waals surface area (Å²) >= 11 is 0. The predicted octanol–water partition coefficient (Wildman–Crippen LogP) is 1.86. The highest BCUT2D eigenvalue weighted by molar-refractivity contribution is 5.82. The molecule has 3 nitrogen and oxygen atoms in total. The quantitative estimate of drug-likeness (QED) is 0.622. The lowest BCUT2D eigenvalue weighted by molar-refractivity contribution is -0.165. The Morgan fingerprint density at radius 3 is 2.53 bits per heavy atom. The number of ether oxygens (including phenoxy) is 1. The summed E-state index contributed by atoms with van der Waals surface area (Å²) < 4.78 is 5.32. The van der Waals surface area contributed by atoms with E-state index in [4.69, 9.17) is 4.74 Å². The molecule has 0 aromatic heterocycles. The molecule has 0 bridgehead atoms. The highest BCUT2D eigenvalue weighted by Gasteiger charge is 2.48. The number of hydrogen-bond acceptors (Lipinski definition) is 3. The zero-order valence-corrected chi connectivity index (χ0v) is 9.93. The van der Waals surface area contributed by atoms with Crippen LogP contribution in [0.3, 0.4) is 0 Å². The van der Waals surface area contributed by atoms with Crippen molar-refractivity contribution in [3.05, 3.63) is 0 Å². The number of carbonyl (C=O) groups excluding carboxylic acids is 1. The van der Waals surface area contributed by atoms with Crippen LogP contribution in [0, 0.1) is 5.92 Å². The van der Waals surface area contributed by atoms with Gasteiger partial charge in [0.2, 0.25) is 0 Å². The second-order valence-corrected chi connectivity index (χ2v) is 5.85. The molecular formula is C12H21NO2. The summed E-state index contributed by atoms with van der Waals surface area (Å²) in [6.07, 6.45) is 4.10. The molecule has 2 aliphatic rings. The average molecular weight is 211 g/mol. The predicted molar refractivity (Wildman–Crippen MR) is 58.5 cm³/mol. The van der Waals surface area contributed by atoms with E-state index in [1.807, 2.05) is 0 Å². The molecule has 3 heteroatoms. The number of rotatable bonds is 0. The molecule has 1 N–H and O–H groups in total. The van der Waals surface area contributed by atoms with Crippen LogP contribution >= 0.6 is 0 Å². The van der Waals surface area contributed by atoms with E-state index in [1.54, 1.807) is 0 Å². The van der Waals surface area contributed by atoms with Crippen molar-refractivity contribution in [3.63, 3.8) is 0 Å². The van der Waals surface area contributed by atoms with E-state index < -0.39 is 0 Å². The van der Waals surface area contributed by atoms with Crippen molar-refractivity contribution in [1.82, 2.24) is 5.32 Å². The number of nitrogens with one attached hydrogen (secondary N) is 1. The molecule has 86 valence electrons. The Morgan fingerprint density at radius 2 is 1.93 bits per heavy atom. The Bertz CT molecular complexity index is 265. The van der Waals surface area contributed by atoms with E-state index in [0.29, 0.717) is 6.61 Å². The van der Waals surface area contributed by atoms with E-state index >= 15 is 0 Å². The van der Waals surface area contributed by atoms with E-state index in [-0.39, 0.29) is 17.0 Å². The summed E-state index contributed by atoms with van der Waals surface area (Å²) in [5.74, 6) is 0.712. The van der Waals surface area contributed by atoms with Crippen molar-refractivity contribution in [2.75, 3.05) is 6.61 Å². The lowest BCUT2D eigenvalue weighted by Gasteiger charge is -2.47. The summed E-state index contributed by atoms with van der Waals surface area (Å²) in [5, 5.41) is 3.50. The molecule has 0 radical (unpaired) electrons. The van der Waals surface area contributed by atoms with Gasteiger partial charge in [-0.3, -0.25) is 10.1 Å². The van der Waals surface area contributed by atoms with Gasteiger partial charge in [-0.05, 0) is 45.4 Å². The molecule has 1 saturated heterocycles. The maximum Gasteiger partial charge on any atom is 0.326 e. The molecule has 2 fully saturated rings. The summed E-state index contributed by atoms with van der Waals surface area (Å²) in [4.78, 5) is 11.9. The Labute approximate surface area is 91.6 Å². The number of hydrogen-bond donors (Lipinski definition) is 1. The third-order valence-electron chi connectivity index (χ3n) is 3.66. The Kier molecular flexibility index (Phi) is 2.53. The molecule has 1 spiro atoms. The monoisotopic (exact) mass is 211 g/mol. The maximum absolute atomic E-state index is 11.9. The van der Waals surface area contributed by atoms with Gasteiger partial charge in [0.1, 0.15) is 12.1 Å². The molecule has 0 unspecified atom stereocenters. The molecule has 0 amide bonds. The van der Waals surface area contributed by atoms with Gasteiger partial charge in [-0.25, -0.2) is 0 Å². The van der Waals surface area contributed by atoms with Gasteiger partial charge in [0.05, 0.1) is 0 Å². The first-order chi connectivity index (χ1) is 6.94. The first-order valence-corrected chi connectivity index (χ1v) is 5.90. The zero-order chi connectivity index (χ0) is 11.1. The fourth-order valence-corrected chi connectivity index (χ4v) is 2.70. The number of carbonyl (C=O) groups is 1. The van der Waals surface area contributed by atoms with Gasteiger partial charge >= 0.3 is 5.97 Å². The minimum Gasteiger partial charge on any atom is -0.462 e. The number of esters is 1. The highest BCUT2D eigenvalue weighted by Crippen LogP contribution is 2.36. The molecule has 0 aromatic rings. The Balaban J connectivity index is 2.14. The van der Waals surface area contributed by atoms with Crippen molar-refractivity contribution in [1.29, 1.82) is 0 Å². The van der Waals surface area contributed by atoms with E-state index in [1.165, 1.54) is 0 Å². The maximum atomic E-state index is 11.9. The van der Waals surface area contributed by atoms with E-state index in [9.17, 15) is 4.79 Å². The Morgan fingerprint density at radius 1 is 1.33 bits per heavy atom. The SMILES string of the molecule is CC1CCC2(CC1)NC(C)(C)COC2=O. The lowest BCUT2D eigenvalue weighted by Crippen LogP contribution is -2.67. The normalized spacial score (nSPS) is 40.2. The van der Waals surface area contributed by atoms with Crippen molar-refractivity contribution in [3.8, 4) is 0 Å². The second kappa shape index (κ2) is 3.48. The smallest absolute Gasteiger partial charge is 0.326 e. The molecule has 1 saturated carbocycles. The molecular weight excluding hydrogens is 190 g/mol. The van der Waals surface area contributed by atoms with Crippen molar-refractivity contribution >= 4 is 5.97 Å². The van der Waals surface area contributed by atoms with Gasteiger partial charge in [-0.15, -0.1) is 0 Å². The molecule has 1 aliphatic carbocycles. The summed E-state index contributed by atoms with van der Waals surface area (Å²) in [6.45, 7) is 6.94. The van der Waals surface area contributed by atoms with Crippen LogP contribution in [0.15, 0.2) is 0 Å². The van der Waals surface area contributed by atoms with Crippen LogP contribution in [0.25, 0.3) is 0 Å². The molecule has 1 heterocycles. The third-order valence-corrected chi connectivity index (χ3v) is 3.66. The minimum atomic E-state index is -0.381. The van der Waals surface area contributed by atoms with Gasteiger partial charge in [-0.2, -0.15) is 0 Å². The lowest BCUT2D eigenvalue weighted by atomic mass is 9.75. The fourth-order valence-electron chi connectivity index (χ4n) is 2.70. The van der Waals surface area contributed by atoms with Crippen molar-refractivity contribution < 1.29 is 9.53 Å². The second-order valence-electron chi connectivity index (χ2n) is 5.85. The topological polar surface area (TPSA) is 38.3 Å². The number of morpholine rings is 1. The van der Waals surface area contributed by atoms with Gasteiger partial charge in [0, 0.05) is 5.54 Å². The Hall–Kier alpha value is -0.570. The van der Waals surface area contributed by atoms with Gasteiger partial charge < -0.3 is 4.74 Å². The molecule has 1 aliphatic heterocycles. The van der Waals surface area contributed by atoms with Gasteiger partial charge in [0.25, 0.3) is 0 Å². The standard InChI is InChI=1S/C12H21NO2/c1-9-4-6-12(7-5-9)10(14)15-8-11(2,3)13-12/h9,13H,4-8H2,1-3H3. The first kappa shape index (κ1) is 10.9. The van der Waals surface area contributed by atoms with Crippen molar-refractivity contribution in [2.45, 2.75) is 57.5 Å². The summed E-state index contributed by atoms with van der Waals surface area (Å²) in [6, 6.07) is 0. The van der Waals surface area contributed by atoms with E-state index in [2.05, 4.69) is 26.1 Å². The van der Waals surface area contributed by atoms with Crippen LogP contribution < -0.4 is 5.32 Å². The third kappa shape index (κ3) is 2.03. The first-order valence-electron chi connectivity index (χ1n) is 5.90. The van der Waals surface area contributed by atoms with Crippen molar-refractivity contribution in [2.24, 2.45) is 5.92 Å². The van der Waals surface area contributed by atoms with Crippen LogP contribution in [0.1, 0.15) is 46.5 Å². The largest absolute Gasteiger partial charge is 0.462 e. The molecule has 2 rings (SSSR count). The van der Waals surface area contributed by atoms with Crippen LogP contribution in [-0.2, 0) is 9.53 Å². The molecule has 15 heavy (non-hydrogen) atoms. The summed E-state index contributed by atoms with van der Waals surface area (Å²) in [5.41, 5.74) is -0.456.